The van der Waals surface area contributed by atoms with Gasteiger partial charge in [0.25, 0.3) is 5.56 Å². The first-order valence-corrected chi connectivity index (χ1v) is 6.80. The van der Waals surface area contributed by atoms with Crippen molar-refractivity contribution in [3.8, 4) is 0 Å². The summed E-state index contributed by atoms with van der Waals surface area (Å²) in [6.45, 7) is 0. The van der Waals surface area contributed by atoms with Crippen molar-refractivity contribution in [2.75, 3.05) is 0 Å². The van der Waals surface area contributed by atoms with Gasteiger partial charge in [0.2, 0.25) is 0 Å². The molecule has 1 N–H and O–H groups in total. The highest BCUT2D eigenvalue weighted by molar-refractivity contribution is 9.10. The second-order valence-electron chi connectivity index (χ2n) is 3.03. The number of rotatable bonds is 2. The average molecular weight is 352 g/mol. The first-order chi connectivity index (χ1) is 8.08. The molecule has 0 amide bonds. The zero-order valence-electron chi connectivity index (χ0n) is 8.21. The van der Waals surface area contributed by atoms with E-state index in [-0.39, 0.29) is 5.56 Å². The van der Waals surface area contributed by atoms with Crippen molar-refractivity contribution >= 4 is 50.9 Å². The van der Waals surface area contributed by atoms with Gasteiger partial charge in [-0.1, -0.05) is 35.0 Å². The molecule has 2 aromatic rings. The quantitative estimate of drug-likeness (QED) is 0.832. The van der Waals surface area contributed by atoms with E-state index in [1.54, 1.807) is 18.2 Å². The lowest BCUT2D eigenvalue weighted by molar-refractivity contribution is 0.990. The van der Waals surface area contributed by atoms with E-state index in [4.69, 9.17) is 23.2 Å². The summed E-state index contributed by atoms with van der Waals surface area (Å²) in [5, 5.41) is 1.68. The Bertz CT molecular complexity index is 617. The zero-order chi connectivity index (χ0) is 12.4. The maximum atomic E-state index is 11.4. The summed E-state index contributed by atoms with van der Waals surface area (Å²) in [4.78, 5) is 18.6. The van der Waals surface area contributed by atoms with E-state index >= 15 is 0 Å². The number of nitrogens with one attached hydrogen (secondary N) is 1. The van der Waals surface area contributed by atoms with Crippen molar-refractivity contribution in [3.63, 3.8) is 0 Å². The van der Waals surface area contributed by atoms with Crippen LogP contribution in [0, 0.1) is 0 Å². The third kappa shape index (κ3) is 3.04. The van der Waals surface area contributed by atoms with Crippen LogP contribution in [0.15, 0.2) is 43.7 Å². The molecular formula is C10H5BrCl2N2OS. The first-order valence-electron chi connectivity index (χ1n) is 4.44. The number of aromatic nitrogens is 2. The summed E-state index contributed by atoms with van der Waals surface area (Å²) in [5.74, 6) is 0. The molecule has 88 valence electrons. The third-order valence-corrected chi connectivity index (χ3v) is 4.60. The maximum Gasteiger partial charge on any atom is 0.266 e. The molecule has 1 aromatic heterocycles. The van der Waals surface area contributed by atoms with E-state index in [1.165, 1.54) is 18.1 Å². The number of benzene rings is 1. The number of hydrogen-bond donors (Lipinski definition) is 1. The van der Waals surface area contributed by atoms with Gasteiger partial charge < -0.3 is 4.98 Å². The molecule has 0 atom stereocenters. The van der Waals surface area contributed by atoms with Crippen molar-refractivity contribution in [3.05, 3.63) is 49.4 Å². The molecule has 0 saturated carbocycles. The summed E-state index contributed by atoms with van der Waals surface area (Å²) in [6, 6.07) is 5.13. The van der Waals surface area contributed by atoms with Crippen molar-refractivity contribution in [2.45, 2.75) is 9.92 Å². The van der Waals surface area contributed by atoms with Gasteiger partial charge in [0.15, 0.2) is 0 Å². The normalized spacial score (nSPS) is 10.5. The van der Waals surface area contributed by atoms with Gasteiger partial charge >= 0.3 is 0 Å². The molecule has 17 heavy (non-hydrogen) atoms. The van der Waals surface area contributed by atoms with Gasteiger partial charge in [-0.2, -0.15) is 0 Å². The van der Waals surface area contributed by atoms with E-state index in [2.05, 4.69) is 25.9 Å². The lowest BCUT2D eigenvalue weighted by Gasteiger charge is -2.04. The Morgan fingerprint density at radius 2 is 2.12 bits per heavy atom. The molecular weight excluding hydrogens is 347 g/mol. The van der Waals surface area contributed by atoms with Crippen LogP contribution in [0.3, 0.4) is 0 Å². The van der Waals surface area contributed by atoms with Crippen molar-refractivity contribution in [1.29, 1.82) is 0 Å². The Labute approximate surface area is 120 Å². The van der Waals surface area contributed by atoms with Gasteiger partial charge in [-0.15, -0.1) is 0 Å². The summed E-state index contributed by atoms with van der Waals surface area (Å²) in [5.41, 5.74) is -0.236. The van der Waals surface area contributed by atoms with Crippen molar-refractivity contribution in [1.82, 2.24) is 9.97 Å². The topological polar surface area (TPSA) is 45.8 Å². The molecule has 0 spiro atoms. The minimum absolute atomic E-state index is 0.236. The Morgan fingerprint density at radius 3 is 2.88 bits per heavy atom. The molecule has 0 aliphatic heterocycles. The van der Waals surface area contributed by atoms with E-state index in [1.807, 2.05) is 0 Å². The van der Waals surface area contributed by atoms with Crippen LogP contribution < -0.4 is 5.56 Å². The van der Waals surface area contributed by atoms with Gasteiger partial charge in [0.05, 0.1) is 11.3 Å². The largest absolute Gasteiger partial charge is 0.312 e. The van der Waals surface area contributed by atoms with Crippen LogP contribution in [0.5, 0.6) is 0 Å². The van der Waals surface area contributed by atoms with Crippen LogP contribution in [0.2, 0.25) is 10.0 Å². The summed E-state index contributed by atoms with van der Waals surface area (Å²) in [7, 11) is 0. The standard InChI is InChI=1S/C10H5BrCl2N2OS/c11-8-9(16)14-4-15-10(8)17-7-3-5(12)1-2-6(7)13/h1-4H,(H,14,15,16). The fraction of sp³-hybridized carbons (Fsp3) is 0. The number of hydrogen-bond acceptors (Lipinski definition) is 3. The van der Waals surface area contributed by atoms with Crippen molar-refractivity contribution < 1.29 is 0 Å². The molecule has 0 bridgehead atoms. The van der Waals surface area contributed by atoms with Gasteiger partial charge in [0.1, 0.15) is 9.50 Å². The monoisotopic (exact) mass is 350 g/mol. The van der Waals surface area contributed by atoms with Crippen LogP contribution in [-0.4, -0.2) is 9.97 Å². The van der Waals surface area contributed by atoms with Crippen LogP contribution >= 0.6 is 50.9 Å². The average Bonchev–Trinajstić information content (AvgIpc) is 2.30. The molecule has 0 aliphatic carbocycles. The van der Waals surface area contributed by atoms with Gasteiger partial charge in [0, 0.05) is 9.92 Å². The van der Waals surface area contributed by atoms with E-state index < -0.39 is 0 Å². The molecule has 2 rings (SSSR count). The predicted molar refractivity (Wildman–Crippen MR) is 73.1 cm³/mol. The van der Waals surface area contributed by atoms with Gasteiger partial charge in [-0.05, 0) is 34.1 Å². The fourth-order valence-corrected chi connectivity index (χ4v) is 2.87. The van der Waals surface area contributed by atoms with Gasteiger partial charge in [-0.3, -0.25) is 4.79 Å². The van der Waals surface area contributed by atoms with E-state index in [9.17, 15) is 4.79 Å². The summed E-state index contributed by atoms with van der Waals surface area (Å²) in [6.07, 6.45) is 1.34. The van der Waals surface area contributed by atoms with Crippen molar-refractivity contribution in [2.24, 2.45) is 0 Å². The van der Waals surface area contributed by atoms with Gasteiger partial charge in [-0.25, -0.2) is 4.98 Å². The Hall–Kier alpha value is -0.490. The molecule has 0 radical (unpaired) electrons. The highest BCUT2D eigenvalue weighted by Gasteiger charge is 2.10. The van der Waals surface area contributed by atoms with Crippen LogP contribution in [0.1, 0.15) is 0 Å². The maximum absolute atomic E-state index is 11.4. The molecule has 0 aliphatic rings. The second kappa shape index (κ2) is 5.44. The molecule has 0 unspecified atom stereocenters. The Kier molecular flexibility index (Phi) is 4.14. The Balaban J connectivity index is 2.41. The SMILES string of the molecule is O=c1[nH]cnc(Sc2cc(Cl)ccc2Cl)c1Br. The minimum atomic E-state index is -0.236. The zero-order valence-corrected chi connectivity index (χ0v) is 12.1. The number of nitrogens with zero attached hydrogens (tertiary/aromatic N) is 1. The Morgan fingerprint density at radius 1 is 1.35 bits per heavy atom. The van der Waals surface area contributed by atoms with Crippen LogP contribution in [-0.2, 0) is 0 Å². The van der Waals surface area contributed by atoms with Crippen LogP contribution in [0.4, 0.5) is 0 Å². The summed E-state index contributed by atoms with van der Waals surface area (Å²) < 4.78 is 0.376. The number of halogens is 3. The second-order valence-corrected chi connectivity index (χ2v) is 5.69. The lowest BCUT2D eigenvalue weighted by atomic mass is 10.4. The predicted octanol–water partition coefficient (Wildman–Crippen LogP) is 3.99. The highest BCUT2D eigenvalue weighted by Crippen LogP contribution is 2.35. The molecule has 7 heteroatoms. The molecule has 3 nitrogen and oxygen atoms in total. The molecule has 0 fully saturated rings. The lowest BCUT2D eigenvalue weighted by Crippen LogP contribution is -2.07. The highest BCUT2D eigenvalue weighted by atomic mass is 79.9. The number of H-pyrrole nitrogens is 1. The van der Waals surface area contributed by atoms with E-state index in [0.717, 1.165) is 4.90 Å². The molecule has 1 heterocycles. The van der Waals surface area contributed by atoms with Crippen LogP contribution in [0.25, 0.3) is 0 Å². The fourth-order valence-electron chi connectivity index (χ4n) is 1.10. The minimum Gasteiger partial charge on any atom is -0.312 e. The van der Waals surface area contributed by atoms with E-state index in [0.29, 0.717) is 19.5 Å². The summed E-state index contributed by atoms with van der Waals surface area (Å²) >= 11 is 16.4. The number of aromatic amines is 1. The first kappa shape index (κ1) is 13.0. The third-order valence-electron chi connectivity index (χ3n) is 1.86. The smallest absolute Gasteiger partial charge is 0.266 e. The molecule has 0 saturated heterocycles. The molecule has 1 aromatic carbocycles.